The standard InChI is InChI=1S/C44H56F2N8O3/c45-37-26-33(48-39-17-18-40(55)51-43(39)57)13-16-36(37)28-19-23-54(24-20-28)34-14-7-29(8-15-34)42(56)49-31-9-11-32(12-10-31)50-44-47-27-38(46)41(52-44)30-5-4-6-35(25-30)53-21-2-1-3-22-53/h4-6,13,16,25-29,31-32,34,39,48H,1-3,7-12,14-15,17-24H2,(H,49,56)(H,47,50,52)(H,51,55,57)/t29-,31?,32?,34-,39?. The molecular weight excluding hydrogens is 727 g/mol. The lowest BCUT2D eigenvalue weighted by molar-refractivity contribution is -0.133. The van der Waals surface area contributed by atoms with Gasteiger partial charge in [-0.25, -0.2) is 18.7 Å². The van der Waals surface area contributed by atoms with Crippen LogP contribution in [0.4, 0.5) is 26.1 Å². The number of nitrogens with zero attached hydrogens (tertiary/aromatic N) is 4. The molecular formula is C44H56F2N8O3. The van der Waals surface area contributed by atoms with Crippen LogP contribution in [-0.4, -0.2) is 82.9 Å². The number of carbonyl (C=O) groups excluding carboxylic acids is 3. The smallest absolute Gasteiger partial charge is 0.249 e. The zero-order chi connectivity index (χ0) is 39.3. The summed E-state index contributed by atoms with van der Waals surface area (Å²) < 4.78 is 30.2. The second-order valence-electron chi connectivity index (χ2n) is 16.9. The van der Waals surface area contributed by atoms with Crippen molar-refractivity contribution in [2.75, 3.05) is 41.7 Å². The third kappa shape index (κ3) is 9.56. The third-order valence-corrected chi connectivity index (χ3v) is 13.1. The molecule has 57 heavy (non-hydrogen) atoms. The van der Waals surface area contributed by atoms with E-state index in [9.17, 15) is 18.8 Å². The van der Waals surface area contributed by atoms with Crippen molar-refractivity contribution in [1.82, 2.24) is 25.5 Å². The van der Waals surface area contributed by atoms with Crippen molar-refractivity contribution < 1.29 is 23.2 Å². The van der Waals surface area contributed by atoms with E-state index in [2.05, 4.69) is 47.1 Å². The Bertz CT molecular complexity index is 1900. The van der Waals surface area contributed by atoms with Gasteiger partial charge in [-0.2, -0.15) is 0 Å². The van der Waals surface area contributed by atoms with Gasteiger partial charge in [0.2, 0.25) is 23.7 Å². The average molecular weight is 783 g/mol. The van der Waals surface area contributed by atoms with Crippen molar-refractivity contribution in [1.29, 1.82) is 0 Å². The van der Waals surface area contributed by atoms with Crippen LogP contribution < -0.4 is 26.2 Å². The molecule has 2 aliphatic carbocycles. The molecule has 5 aliphatic rings. The molecule has 2 aromatic carbocycles. The Morgan fingerprint density at radius 3 is 2.26 bits per heavy atom. The molecule has 5 fully saturated rings. The monoisotopic (exact) mass is 782 g/mol. The van der Waals surface area contributed by atoms with Crippen LogP contribution in [0.3, 0.4) is 0 Å². The number of benzene rings is 2. The number of piperidine rings is 3. The number of carbonyl (C=O) groups is 3. The van der Waals surface area contributed by atoms with E-state index in [4.69, 9.17) is 0 Å². The molecule has 13 heteroatoms. The van der Waals surface area contributed by atoms with Crippen molar-refractivity contribution in [2.24, 2.45) is 5.92 Å². The van der Waals surface area contributed by atoms with E-state index in [1.54, 1.807) is 0 Å². The SMILES string of the molecule is O=C1CCC(Nc2ccc(C3CCN([C@H]4CC[C@H](C(=O)NC5CCC(Nc6ncc(F)c(-c7cccc(N8CCCCC8)c7)n6)CC5)CC4)CC3)c(F)c2)C(=O)N1. The molecule has 1 aromatic heterocycles. The molecule has 11 nitrogen and oxygen atoms in total. The Hall–Kier alpha value is -4.65. The van der Waals surface area contributed by atoms with Crippen LogP contribution in [0.5, 0.6) is 0 Å². The van der Waals surface area contributed by atoms with Crippen LogP contribution in [0.1, 0.15) is 108 Å². The van der Waals surface area contributed by atoms with Crippen LogP contribution in [-0.2, 0) is 14.4 Å². The fourth-order valence-corrected chi connectivity index (χ4v) is 9.78. The minimum atomic E-state index is -0.542. The number of imide groups is 1. The summed E-state index contributed by atoms with van der Waals surface area (Å²) in [5, 5.41) is 12.2. The molecule has 304 valence electrons. The van der Waals surface area contributed by atoms with Crippen LogP contribution in [0.2, 0.25) is 0 Å². The van der Waals surface area contributed by atoms with Crippen LogP contribution in [0.15, 0.2) is 48.7 Å². The topological polar surface area (TPSA) is 132 Å². The van der Waals surface area contributed by atoms with Gasteiger partial charge < -0.3 is 25.8 Å². The van der Waals surface area contributed by atoms with Crippen molar-refractivity contribution >= 4 is 35.0 Å². The molecule has 0 radical (unpaired) electrons. The largest absolute Gasteiger partial charge is 0.374 e. The summed E-state index contributed by atoms with van der Waals surface area (Å²) in [4.78, 5) is 50.7. The lowest BCUT2D eigenvalue weighted by Gasteiger charge is -2.41. The summed E-state index contributed by atoms with van der Waals surface area (Å²) in [7, 11) is 0. The van der Waals surface area contributed by atoms with E-state index in [0.717, 1.165) is 107 Å². The van der Waals surface area contributed by atoms with Crippen molar-refractivity contribution in [3.63, 3.8) is 0 Å². The van der Waals surface area contributed by atoms with Gasteiger partial charge in [-0.1, -0.05) is 18.2 Å². The number of hydrogen-bond donors (Lipinski definition) is 4. The maximum atomic E-state index is 15.3. The Morgan fingerprint density at radius 2 is 1.53 bits per heavy atom. The lowest BCUT2D eigenvalue weighted by atomic mass is 9.82. The quantitative estimate of drug-likeness (QED) is 0.162. The van der Waals surface area contributed by atoms with Crippen molar-refractivity contribution in [3.05, 3.63) is 65.9 Å². The van der Waals surface area contributed by atoms with Crippen LogP contribution >= 0.6 is 0 Å². The normalized spacial score (nSPS) is 26.4. The molecule has 3 aromatic rings. The van der Waals surface area contributed by atoms with E-state index in [1.807, 2.05) is 30.3 Å². The van der Waals surface area contributed by atoms with Gasteiger partial charge in [0.05, 0.1) is 6.20 Å². The summed E-state index contributed by atoms with van der Waals surface area (Å²) in [6.07, 6.45) is 14.6. The third-order valence-electron chi connectivity index (χ3n) is 13.1. The predicted molar refractivity (Wildman–Crippen MR) is 217 cm³/mol. The van der Waals surface area contributed by atoms with Crippen molar-refractivity contribution in [3.8, 4) is 11.3 Å². The number of nitrogens with one attached hydrogen (secondary N) is 4. The number of likely N-dealkylation sites (tertiary alicyclic amines) is 1. The second kappa shape index (κ2) is 17.9. The Morgan fingerprint density at radius 1 is 0.772 bits per heavy atom. The van der Waals surface area contributed by atoms with Gasteiger partial charge in [0.15, 0.2) is 5.82 Å². The number of halogens is 2. The summed E-state index contributed by atoms with van der Waals surface area (Å²) in [6, 6.07) is 13.4. The highest BCUT2D eigenvalue weighted by molar-refractivity contribution is 6.01. The van der Waals surface area contributed by atoms with Crippen molar-refractivity contribution in [2.45, 2.75) is 126 Å². The minimum Gasteiger partial charge on any atom is -0.374 e. The first-order valence-corrected chi connectivity index (χ1v) is 21.3. The maximum Gasteiger partial charge on any atom is 0.249 e. The molecule has 4 heterocycles. The fraction of sp³-hybridized carbons (Fsp3) is 0.568. The first kappa shape index (κ1) is 39.2. The maximum absolute atomic E-state index is 15.3. The van der Waals surface area contributed by atoms with E-state index in [1.165, 1.54) is 31.5 Å². The van der Waals surface area contributed by atoms with Gasteiger partial charge in [-0.3, -0.25) is 19.7 Å². The van der Waals surface area contributed by atoms with Gasteiger partial charge in [-0.05, 0) is 139 Å². The Labute approximate surface area is 334 Å². The van der Waals surface area contributed by atoms with Crippen LogP contribution in [0, 0.1) is 17.6 Å². The molecule has 4 N–H and O–H groups in total. The Balaban J connectivity index is 0.750. The molecule has 2 saturated carbocycles. The zero-order valence-electron chi connectivity index (χ0n) is 32.8. The summed E-state index contributed by atoms with van der Waals surface area (Å²) >= 11 is 0. The van der Waals surface area contributed by atoms with Gasteiger partial charge in [-0.15, -0.1) is 0 Å². The highest BCUT2D eigenvalue weighted by Crippen LogP contribution is 2.36. The van der Waals surface area contributed by atoms with Gasteiger partial charge in [0, 0.05) is 60.5 Å². The number of hydrogen-bond acceptors (Lipinski definition) is 9. The van der Waals surface area contributed by atoms with Crippen LogP contribution in [0.25, 0.3) is 11.3 Å². The molecule has 8 rings (SSSR count). The molecule has 1 atom stereocenters. The number of anilines is 3. The van der Waals surface area contributed by atoms with E-state index in [-0.39, 0.29) is 53.9 Å². The molecule has 1 unspecified atom stereocenters. The van der Waals surface area contributed by atoms with E-state index >= 15 is 4.39 Å². The lowest BCUT2D eigenvalue weighted by Crippen LogP contribution is -2.47. The number of aromatic nitrogens is 2. The molecule has 3 amide bonds. The molecule has 0 bridgehead atoms. The highest BCUT2D eigenvalue weighted by atomic mass is 19.1. The summed E-state index contributed by atoms with van der Waals surface area (Å²) in [5.74, 6) is -0.545. The first-order valence-electron chi connectivity index (χ1n) is 21.3. The Kier molecular flexibility index (Phi) is 12.3. The fourth-order valence-electron chi connectivity index (χ4n) is 9.78. The number of rotatable bonds is 10. The van der Waals surface area contributed by atoms with E-state index < -0.39 is 11.9 Å². The summed E-state index contributed by atoms with van der Waals surface area (Å²) in [6.45, 7) is 3.87. The average Bonchev–Trinajstić information content (AvgIpc) is 3.24. The molecule has 3 aliphatic heterocycles. The highest BCUT2D eigenvalue weighted by Gasteiger charge is 2.34. The molecule has 0 spiro atoms. The first-order chi connectivity index (χ1) is 27.8. The predicted octanol–water partition coefficient (Wildman–Crippen LogP) is 6.91. The summed E-state index contributed by atoms with van der Waals surface area (Å²) in [5.41, 5.74) is 3.44. The second-order valence-corrected chi connectivity index (χ2v) is 16.9. The molecule has 3 saturated heterocycles. The van der Waals surface area contributed by atoms with Gasteiger partial charge >= 0.3 is 0 Å². The van der Waals surface area contributed by atoms with Gasteiger partial charge in [0.1, 0.15) is 17.6 Å². The van der Waals surface area contributed by atoms with E-state index in [0.29, 0.717) is 29.8 Å². The van der Waals surface area contributed by atoms with Gasteiger partial charge in [0.25, 0.3) is 0 Å². The zero-order valence-corrected chi connectivity index (χ0v) is 32.8. The number of amides is 3. The minimum absolute atomic E-state index is 0.0375.